The second kappa shape index (κ2) is 6.29. The minimum atomic E-state index is 0.151. The van der Waals surface area contributed by atoms with Crippen LogP contribution in [0.3, 0.4) is 0 Å². The molecule has 4 heterocycles. The van der Waals surface area contributed by atoms with E-state index in [1.165, 1.54) is 38.0 Å². The Morgan fingerprint density at radius 3 is 3.12 bits per heavy atom. The molecule has 1 aliphatic carbocycles. The van der Waals surface area contributed by atoms with E-state index < -0.39 is 0 Å². The van der Waals surface area contributed by atoms with Crippen molar-refractivity contribution >= 4 is 11.8 Å². The number of thioether (sulfide) groups is 1. The fourth-order valence-electron chi connectivity index (χ4n) is 6.07. The van der Waals surface area contributed by atoms with E-state index in [0.717, 1.165) is 39.4 Å². The molecule has 4 aliphatic heterocycles. The number of fused-ring (bicyclic) bond motifs is 1. The molecule has 0 aromatic rings. The number of hydrogen-bond donors (Lipinski definition) is 1. The van der Waals surface area contributed by atoms with Crippen LogP contribution in [-0.2, 0) is 4.74 Å². The average Bonchev–Trinajstić information content (AvgIpc) is 3.23. The van der Waals surface area contributed by atoms with Gasteiger partial charge in [-0.25, -0.2) is 0 Å². The molecule has 2 fully saturated rings. The van der Waals surface area contributed by atoms with Crippen LogP contribution >= 0.6 is 11.8 Å². The van der Waals surface area contributed by atoms with E-state index >= 15 is 0 Å². The first-order valence-electron chi connectivity index (χ1n) is 10.1. The van der Waals surface area contributed by atoms with Gasteiger partial charge in [0.05, 0.1) is 23.8 Å². The zero-order valence-electron chi connectivity index (χ0n) is 15.4. The highest BCUT2D eigenvalue weighted by molar-refractivity contribution is 8.03. The molecular formula is C20H31N3OS. The van der Waals surface area contributed by atoms with Crippen molar-refractivity contribution in [2.24, 2.45) is 5.41 Å². The van der Waals surface area contributed by atoms with Crippen LogP contribution in [0.4, 0.5) is 0 Å². The van der Waals surface area contributed by atoms with Gasteiger partial charge in [0.1, 0.15) is 0 Å². The normalized spacial score (nSPS) is 41.5. The van der Waals surface area contributed by atoms with Gasteiger partial charge in [0.25, 0.3) is 0 Å². The first-order valence-corrected chi connectivity index (χ1v) is 11.1. The van der Waals surface area contributed by atoms with Gasteiger partial charge in [-0.1, -0.05) is 25.5 Å². The van der Waals surface area contributed by atoms with Crippen LogP contribution in [0.25, 0.3) is 0 Å². The molecule has 1 spiro atoms. The summed E-state index contributed by atoms with van der Waals surface area (Å²) < 4.78 is 5.60. The molecular weight excluding hydrogens is 330 g/mol. The molecule has 3 atom stereocenters. The highest BCUT2D eigenvalue weighted by atomic mass is 32.2. The molecule has 0 radical (unpaired) electrons. The maximum absolute atomic E-state index is 5.60. The molecule has 0 bridgehead atoms. The summed E-state index contributed by atoms with van der Waals surface area (Å²) in [5.41, 5.74) is 2.10. The predicted octanol–water partition coefficient (Wildman–Crippen LogP) is 2.44. The third-order valence-corrected chi connectivity index (χ3v) is 8.45. The first kappa shape index (κ1) is 16.7. The third kappa shape index (κ3) is 2.46. The summed E-state index contributed by atoms with van der Waals surface area (Å²) >= 11 is 2.11. The largest absolute Gasteiger partial charge is 0.379 e. The van der Waals surface area contributed by atoms with Gasteiger partial charge >= 0.3 is 0 Å². The van der Waals surface area contributed by atoms with Crippen LogP contribution in [0.2, 0.25) is 0 Å². The van der Waals surface area contributed by atoms with Crippen LogP contribution in [0.5, 0.6) is 0 Å². The van der Waals surface area contributed by atoms with Crippen molar-refractivity contribution in [3.63, 3.8) is 0 Å². The molecule has 5 aliphatic rings. The molecule has 0 amide bonds. The van der Waals surface area contributed by atoms with Gasteiger partial charge < -0.3 is 15.0 Å². The van der Waals surface area contributed by atoms with E-state index in [4.69, 9.17) is 4.74 Å². The van der Waals surface area contributed by atoms with Crippen molar-refractivity contribution in [2.45, 2.75) is 44.2 Å². The van der Waals surface area contributed by atoms with Crippen LogP contribution in [-0.4, -0.2) is 73.1 Å². The Morgan fingerprint density at radius 1 is 1.36 bits per heavy atom. The van der Waals surface area contributed by atoms with Gasteiger partial charge in [0.2, 0.25) is 0 Å². The molecule has 5 heteroatoms. The van der Waals surface area contributed by atoms with Crippen molar-refractivity contribution < 1.29 is 4.74 Å². The van der Waals surface area contributed by atoms with Gasteiger partial charge in [-0.15, -0.1) is 11.8 Å². The van der Waals surface area contributed by atoms with Crippen LogP contribution in [0.1, 0.15) is 32.6 Å². The Bertz CT molecular complexity index is 600. The smallest absolute Gasteiger partial charge is 0.0811 e. The van der Waals surface area contributed by atoms with Crippen molar-refractivity contribution in [3.8, 4) is 0 Å². The quantitative estimate of drug-likeness (QED) is 0.763. The molecule has 1 N–H and O–H groups in total. The standard InChI is InChI=1S/C20H31N3OS/c1-19(15-22-9-11-24-12-10-22)6-2-4-17-20(19)7-3-8-23(20)18-16(14-21-17)5-13-25-18/h3,7,17,21H,2,4-6,8-15H2,1H3. The molecule has 1 saturated carbocycles. The molecule has 0 aromatic carbocycles. The summed E-state index contributed by atoms with van der Waals surface area (Å²) in [4.78, 5) is 5.47. The molecule has 4 nitrogen and oxygen atoms in total. The van der Waals surface area contributed by atoms with E-state index in [2.05, 4.69) is 46.0 Å². The van der Waals surface area contributed by atoms with E-state index in [9.17, 15) is 0 Å². The topological polar surface area (TPSA) is 27.7 Å². The van der Waals surface area contributed by atoms with Gasteiger partial charge in [0, 0.05) is 49.9 Å². The summed E-state index contributed by atoms with van der Waals surface area (Å²) in [5, 5.41) is 5.61. The minimum absolute atomic E-state index is 0.151. The highest BCUT2D eigenvalue weighted by Crippen LogP contribution is 2.55. The van der Waals surface area contributed by atoms with E-state index in [1.807, 2.05) is 0 Å². The zero-order valence-corrected chi connectivity index (χ0v) is 16.2. The lowest BCUT2D eigenvalue weighted by molar-refractivity contribution is -0.0505. The van der Waals surface area contributed by atoms with Crippen LogP contribution in [0, 0.1) is 5.41 Å². The molecule has 5 rings (SSSR count). The number of nitrogens with zero attached hydrogens (tertiary/aromatic N) is 2. The number of rotatable bonds is 2. The van der Waals surface area contributed by atoms with Crippen molar-refractivity contribution in [2.75, 3.05) is 51.7 Å². The molecule has 3 unspecified atom stereocenters. The summed E-state index contributed by atoms with van der Waals surface area (Å²) in [6.07, 6.45) is 10.3. The Morgan fingerprint density at radius 2 is 2.24 bits per heavy atom. The Labute approximate surface area is 156 Å². The van der Waals surface area contributed by atoms with Gasteiger partial charge in [0.15, 0.2) is 0 Å². The molecule has 1 saturated heterocycles. The van der Waals surface area contributed by atoms with Gasteiger partial charge in [-0.05, 0) is 24.8 Å². The summed E-state index contributed by atoms with van der Waals surface area (Å²) in [6, 6.07) is 0.581. The van der Waals surface area contributed by atoms with E-state index in [-0.39, 0.29) is 5.54 Å². The third-order valence-electron chi connectivity index (χ3n) is 7.25. The van der Waals surface area contributed by atoms with Crippen molar-refractivity contribution in [1.82, 2.24) is 15.1 Å². The number of nitrogens with one attached hydrogen (secondary N) is 1. The van der Waals surface area contributed by atoms with Crippen molar-refractivity contribution in [3.05, 3.63) is 22.8 Å². The molecule has 138 valence electrons. The second-order valence-corrected chi connectivity index (χ2v) is 9.70. The lowest BCUT2D eigenvalue weighted by Crippen LogP contribution is -2.69. The van der Waals surface area contributed by atoms with Crippen LogP contribution in [0.15, 0.2) is 22.8 Å². The maximum Gasteiger partial charge on any atom is 0.0811 e. The average molecular weight is 362 g/mol. The Kier molecular flexibility index (Phi) is 4.20. The van der Waals surface area contributed by atoms with E-state index in [0.29, 0.717) is 11.5 Å². The lowest BCUT2D eigenvalue weighted by Gasteiger charge is -2.59. The van der Waals surface area contributed by atoms with Gasteiger partial charge in [-0.2, -0.15) is 0 Å². The van der Waals surface area contributed by atoms with Crippen molar-refractivity contribution in [1.29, 1.82) is 0 Å². The summed E-state index contributed by atoms with van der Waals surface area (Å²) in [6.45, 7) is 9.96. The molecule has 0 aromatic heterocycles. The Balaban J connectivity index is 1.53. The first-order chi connectivity index (χ1) is 12.2. The molecule has 25 heavy (non-hydrogen) atoms. The fraction of sp³-hybridized carbons (Fsp3) is 0.800. The summed E-state index contributed by atoms with van der Waals surface area (Å²) in [7, 11) is 0. The summed E-state index contributed by atoms with van der Waals surface area (Å²) in [5.74, 6) is 1.27. The SMILES string of the molecule is CC1(CN2CCOCC2)CCCC2NCC3=C(SCC3)N3CC=CC231. The fourth-order valence-corrected chi connectivity index (χ4v) is 7.38. The maximum atomic E-state index is 5.60. The lowest BCUT2D eigenvalue weighted by atomic mass is 9.59. The van der Waals surface area contributed by atoms with E-state index in [1.54, 1.807) is 10.6 Å². The zero-order chi connectivity index (χ0) is 16.9. The Hall–Kier alpha value is -0.490. The number of ether oxygens (including phenoxy) is 1. The predicted molar refractivity (Wildman–Crippen MR) is 104 cm³/mol. The second-order valence-electron chi connectivity index (χ2n) is 8.62. The monoisotopic (exact) mass is 361 g/mol. The van der Waals surface area contributed by atoms with Crippen LogP contribution < -0.4 is 5.32 Å². The highest BCUT2D eigenvalue weighted by Gasteiger charge is 2.60. The number of morpholine rings is 1. The van der Waals surface area contributed by atoms with Gasteiger partial charge in [-0.3, -0.25) is 4.90 Å². The minimum Gasteiger partial charge on any atom is -0.379 e. The number of hydrogen-bond acceptors (Lipinski definition) is 5.